The van der Waals surface area contributed by atoms with E-state index in [-0.39, 0.29) is 5.91 Å². The van der Waals surface area contributed by atoms with E-state index in [9.17, 15) is 4.79 Å². The zero-order chi connectivity index (χ0) is 15.1. The molecule has 4 nitrogen and oxygen atoms in total. The van der Waals surface area contributed by atoms with E-state index in [0.29, 0.717) is 25.7 Å². The van der Waals surface area contributed by atoms with Gasteiger partial charge >= 0.3 is 0 Å². The number of ether oxygens (including phenoxy) is 1. The number of aryl methyl sites for hydroxylation is 1. The summed E-state index contributed by atoms with van der Waals surface area (Å²) in [7, 11) is 0. The Labute approximate surface area is 127 Å². The minimum absolute atomic E-state index is 0.0941. The topological polar surface area (TPSA) is 41.6 Å². The monoisotopic (exact) mass is 290 g/mol. The van der Waals surface area contributed by atoms with Crippen LogP contribution in [0.2, 0.25) is 0 Å². The SMILES string of the molecule is Cc1cccc(OCCNC(=O)CN2CCCCC2C)c1. The van der Waals surface area contributed by atoms with Crippen molar-refractivity contribution in [3.8, 4) is 5.75 Å². The molecule has 2 rings (SSSR count). The predicted octanol–water partition coefficient (Wildman–Crippen LogP) is 2.36. The Morgan fingerprint density at radius 2 is 2.29 bits per heavy atom. The smallest absolute Gasteiger partial charge is 0.234 e. The van der Waals surface area contributed by atoms with Gasteiger partial charge in [-0.15, -0.1) is 0 Å². The zero-order valence-electron chi connectivity index (χ0n) is 13.1. The van der Waals surface area contributed by atoms with Gasteiger partial charge in [-0.2, -0.15) is 0 Å². The molecule has 0 saturated carbocycles. The molecule has 1 aromatic rings. The largest absolute Gasteiger partial charge is 0.492 e. The summed E-state index contributed by atoms with van der Waals surface area (Å²) in [6.45, 7) is 6.83. The molecule has 1 amide bonds. The maximum Gasteiger partial charge on any atom is 0.234 e. The molecule has 0 radical (unpaired) electrons. The second-order valence-corrected chi connectivity index (χ2v) is 5.83. The first kappa shape index (κ1) is 15.8. The summed E-state index contributed by atoms with van der Waals surface area (Å²) in [5, 5.41) is 2.93. The fourth-order valence-electron chi connectivity index (χ4n) is 2.70. The Bertz CT molecular complexity index is 462. The van der Waals surface area contributed by atoms with Crippen molar-refractivity contribution < 1.29 is 9.53 Å². The fourth-order valence-corrected chi connectivity index (χ4v) is 2.70. The Morgan fingerprint density at radius 3 is 3.05 bits per heavy atom. The van der Waals surface area contributed by atoms with Crippen LogP contribution >= 0.6 is 0 Å². The fraction of sp³-hybridized carbons (Fsp3) is 0.588. The van der Waals surface area contributed by atoms with Gasteiger partial charge in [0.1, 0.15) is 12.4 Å². The molecule has 1 heterocycles. The normalized spacial score (nSPS) is 19.2. The molecule has 1 saturated heterocycles. The molecule has 1 aliphatic heterocycles. The third kappa shape index (κ3) is 5.38. The molecule has 1 aliphatic rings. The summed E-state index contributed by atoms with van der Waals surface area (Å²) in [5.74, 6) is 0.950. The van der Waals surface area contributed by atoms with Gasteiger partial charge in [0.05, 0.1) is 13.1 Å². The average Bonchev–Trinajstić information content (AvgIpc) is 2.46. The van der Waals surface area contributed by atoms with Crippen molar-refractivity contribution in [1.82, 2.24) is 10.2 Å². The molecule has 0 spiro atoms. The molecule has 21 heavy (non-hydrogen) atoms. The van der Waals surface area contributed by atoms with Crippen LogP contribution in [0.25, 0.3) is 0 Å². The highest BCUT2D eigenvalue weighted by Crippen LogP contribution is 2.15. The van der Waals surface area contributed by atoms with E-state index in [4.69, 9.17) is 4.74 Å². The quantitative estimate of drug-likeness (QED) is 0.818. The lowest BCUT2D eigenvalue weighted by atomic mass is 10.0. The molecule has 1 unspecified atom stereocenters. The van der Waals surface area contributed by atoms with Crippen molar-refractivity contribution >= 4 is 5.91 Å². The molecule has 1 atom stereocenters. The Morgan fingerprint density at radius 1 is 1.43 bits per heavy atom. The molecule has 1 aromatic carbocycles. The molecular weight excluding hydrogens is 264 g/mol. The molecule has 0 aromatic heterocycles. The highest BCUT2D eigenvalue weighted by atomic mass is 16.5. The number of nitrogens with zero attached hydrogens (tertiary/aromatic N) is 1. The predicted molar refractivity (Wildman–Crippen MR) is 84.6 cm³/mol. The van der Waals surface area contributed by atoms with Crippen LogP contribution in [-0.2, 0) is 4.79 Å². The minimum atomic E-state index is 0.0941. The van der Waals surface area contributed by atoms with Gasteiger partial charge in [-0.1, -0.05) is 18.6 Å². The maximum absolute atomic E-state index is 11.9. The lowest BCUT2D eigenvalue weighted by Crippen LogP contribution is -2.44. The number of likely N-dealkylation sites (tertiary alicyclic amines) is 1. The van der Waals surface area contributed by atoms with E-state index in [1.807, 2.05) is 31.2 Å². The summed E-state index contributed by atoms with van der Waals surface area (Å²) in [4.78, 5) is 14.2. The van der Waals surface area contributed by atoms with E-state index in [0.717, 1.165) is 12.3 Å². The third-order valence-electron chi connectivity index (χ3n) is 3.97. The van der Waals surface area contributed by atoms with E-state index in [1.165, 1.54) is 24.8 Å². The number of carbonyl (C=O) groups is 1. The van der Waals surface area contributed by atoms with Gasteiger partial charge in [-0.05, 0) is 50.9 Å². The van der Waals surface area contributed by atoms with Crippen LogP contribution < -0.4 is 10.1 Å². The summed E-state index contributed by atoms with van der Waals surface area (Å²) in [6, 6.07) is 8.46. The highest BCUT2D eigenvalue weighted by Gasteiger charge is 2.20. The summed E-state index contributed by atoms with van der Waals surface area (Å²) < 4.78 is 5.62. The minimum Gasteiger partial charge on any atom is -0.492 e. The number of piperidine rings is 1. The van der Waals surface area contributed by atoms with Gasteiger partial charge in [0.25, 0.3) is 0 Å². The number of hydrogen-bond acceptors (Lipinski definition) is 3. The van der Waals surface area contributed by atoms with Crippen LogP contribution in [0, 0.1) is 6.92 Å². The van der Waals surface area contributed by atoms with Crippen LogP contribution in [0.15, 0.2) is 24.3 Å². The lowest BCUT2D eigenvalue weighted by molar-refractivity contribution is -0.123. The van der Waals surface area contributed by atoms with Crippen LogP contribution in [-0.4, -0.2) is 43.1 Å². The molecule has 116 valence electrons. The van der Waals surface area contributed by atoms with Gasteiger partial charge in [-0.25, -0.2) is 0 Å². The maximum atomic E-state index is 11.9. The van der Waals surface area contributed by atoms with E-state index >= 15 is 0 Å². The van der Waals surface area contributed by atoms with Crippen LogP contribution in [0.3, 0.4) is 0 Å². The Balaban J connectivity index is 1.63. The van der Waals surface area contributed by atoms with Crippen molar-refractivity contribution in [1.29, 1.82) is 0 Å². The second-order valence-electron chi connectivity index (χ2n) is 5.83. The van der Waals surface area contributed by atoms with E-state index < -0.39 is 0 Å². The summed E-state index contributed by atoms with van der Waals surface area (Å²) in [6.07, 6.45) is 3.68. The van der Waals surface area contributed by atoms with E-state index in [2.05, 4.69) is 17.1 Å². The number of carbonyl (C=O) groups excluding carboxylic acids is 1. The number of amides is 1. The van der Waals surface area contributed by atoms with Gasteiger partial charge in [-0.3, -0.25) is 9.69 Å². The van der Waals surface area contributed by atoms with Crippen LogP contribution in [0.5, 0.6) is 5.75 Å². The number of nitrogens with one attached hydrogen (secondary N) is 1. The summed E-state index contributed by atoms with van der Waals surface area (Å²) in [5.41, 5.74) is 1.18. The highest BCUT2D eigenvalue weighted by molar-refractivity contribution is 5.78. The van der Waals surface area contributed by atoms with Gasteiger partial charge in [0, 0.05) is 6.04 Å². The Kier molecular flexibility index (Phi) is 6.05. The molecule has 1 N–H and O–H groups in total. The zero-order valence-corrected chi connectivity index (χ0v) is 13.1. The van der Waals surface area contributed by atoms with Gasteiger partial charge in [0.2, 0.25) is 5.91 Å². The summed E-state index contributed by atoms with van der Waals surface area (Å²) >= 11 is 0. The van der Waals surface area contributed by atoms with Crippen molar-refractivity contribution in [3.05, 3.63) is 29.8 Å². The van der Waals surface area contributed by atoms with Gasteiger partial charge in [0.15, 0.2) is 0 Å². The number of hydrogen-bond donors (Lipinski definition) is 1. The first-order valence-corrected chi connectivity index (χ1v) is 7.85. The molecule has 0 aliphatic carbocycles. The standard InChI is InChI=1S/C17H26N2O2/c1-14-6-5-8-16(12-14)21-11-9-18-17(20)13-19-10-4-3-7-15(19)2/h5-6,8,12,15H,3-4,7,9-11,13H2,1-2H3,(H,18,20). The molecule has 1 fully saturated rings. The molecule has 0 bridgehead atoms. The number of benzene rings is 1. The third-order valence-corrected chi connectivity index (χ3v) is 3.97. The van der Waals surface area contributed by atoms with Gasteiger partial charge < -0.3 is 10.1 Å². The first-order valence-electron chi connectivity index (χ1n) is 7.85. The van der Waals surface area contributed by atoms with E-state index in [1.54, 1.807) is 0 Å². The first-order chi connectivity index (χ1) is 10.1. The van der Waals surface area contributed by atoms with Crippen LogP contribution in [0.1, 0.15) is 31.7 Å². The van der Waals surface area contributed by atoms with Crippen molar-refractivity contribution in [2.75, 3.05) is 26.2 Å². The van der Waals surface area contributed by atoms with Crippen molar-refractivity contribution in [3.63, 3.8) is 0 Å². The molecular formula is C17H26N2O2. The molecule has 4 heteroatoms. The van der Waals surface area contributed by atoms with Crippen LogP contribution in [0.4, 0.5) is 0 Å². The second kappa shape index (κ2) is 8.03. The lowest BCUT2D eigenvalue weighted by Gasteiger charge is -2.32. The number of rotatable bonds is 6. The Hall–Kier alpha value is -1.55. The van der Waals surface area contributed by atoms with Crippen molar-refractivity contribution in [2.45, 2.75) is 39.2 Å². The average molecular weight is 290 g/mol. The van der Waals surface area contributed by atoms with Crippen molar-refractivity contribution in [2.24, 2.45) is 0 Å².